The molecule has 1 amide bonds. The second-order valence-electron chi connectivity index (χ2n) is 4.34. The van der Waals surface area contributed by atoms with E-state index in [0.29, 0.717) is 12.2 Å². The van der Waals surface area contributed by atoms with E-state index in [1.807, 2.05) is 25.1 Å². The molecule has 0 aliphatic carbocycles. The van der Waals surface area contributed by atoms with Crippen LogP contribution in [0, 0.1) is 0 Å². The van der Waals surface area contributed by atoms with Gasteiger partial charge < -0.3 is 14.7 Å². The number of hydrogen-bond donors (Lipinski definition) is 1. The number of hydrogen-bond acceptors (Lipinski definition) is 3. The summed E-state index contributed by atoms with van der Waals surface area (Å²) in [6.07, 6.45) is 1.27. The normalized spacial score (nSPS) is 12.1. The van der Waals surface area contributed by atoms with Gasteiger partial charge in [0.25, 0.3) is 0 Å². The Morgan fingerprint density at radius 3 is 2.74 bits per heavy atom. The molecule has 0 fully saturated rings. The zero-order valence-electron chi connectivity index (χ0n) is 11.5. The molecule has 1 aromatic rings. The first-order valence-electron chi connectivity index (χ1n) is 6.25. The average Bonchev–Trinajstić information content (AvgIpc) is 2.41. The van der Waals surface area contributed by atoms with Crippen molar-refractivity contribution in [2.75, 3.05) is 20.8 Å². The molecule has 1 aromatic carbocycles. The molecule has 0 aliphatic rings. The lowest BCUT2D eigenvalue weighted by Gasteiger charge is -2.28. The summed E-state index contributed by atoms with van der Waals surface area (Å²) >= 11 is 3.45. The minimum absolute atomic E-state index is 0.0243. The Balaban J connectivity index is 3.05. The lowest BCUT2D eigenvalue weighted by atomic mass is 10.1. The molecule has 5 heteroatoms. The third kappa shape index (κ3) is 3.94. The Labute approximate surface area is 122 Å². The number of amides is 1. The maximum atomic E-state index is 12.0. The van der Waals surface area contributed by atoms with Crippen molar-refractivity contribution in [1.82, 2.24) is 4.90 Å². The topological polar surface area (TPSA) is 49.8 Å². The van der Waals surface area contributed by atoms with Gasteiger partial charge in [0.1, 0.15) is 5.75 Å². The number of carbonyl (C=O) groups excluding carboxylic acids is 1. The smallest absolute Gasteiger partial charge is 0.222 e. The minimum atomic E-state index is -0.372. The predicted molar refractivity (Wildman–Crippen MR) is 78.2 cm³/mol. The number of likely N-dealkylation sites (N-methyl/N-ethyl adjacent to an activating group) is 1. The predicted octanol–water partition coefficient (Wildman–Crippen LogP) is 2.75. The minimum Gasteiger partial charge on any atom is -0.497 e. The number of nitrogens with zero attached hydrogens (tertiary/aromatic N) is 1. The number of ether oxygens (including phenoxy) is 1. The highest BCUT2D eigenvalue weighted by molar-refractivity contribution is 9.10. The third-order valence-corrected chi connectivity index (χ3v) is 3.78. The zero-order valence-corrected chi connectivity index (χ0v) is 13.1. The molecule has 106 valence electrons. The fourth-order valence-electron chi connectivity index (χ4n) is 1.90. The van der Waals surface area contributed by atoms with E-state index in [1.165, 1.54) is 0 Å². The highest BCUT2D eigenvalue weighted by Gasteiger charge is 2.22. The SMILES string of the molecule is CCCC(=O)N(C)C(CO)c1cc(OC)ccc1Br. The molecule has 0 saturated carbocycles. The van der Waals surface area contributed by atoms with Crippen molar-refractivity contribution in [3.63, 3.8) is 0 Å². The van der Waals surface area contributed by atoms with Crippen molar-refractivity contribution in [3.8, 4) is 5.75 Å². The number of aliphatic hydroxyl groups excluding tert-OH is 1. The number of aliphatic hydroxyl groups is 1. The Hall–Kier alpha value is -1.07. The van der Waals surface area contributed by atoms with Gasteiger partial charge in [-0.1, -0.05) is 22.9 Å². The van der Waals surface area contributed by atoms with Gasteiger partial charge in [0.05, 0.1) is 19.8 Å². The van der Waals surface area contributed by atoms with Crippen molar-refractivity contribution in [3.05, 3.63) is 28.2 Å². The summed E-state index contributed by atoms with van der Waals surface area (Å²) in [6, 6.07) is 5.15. The molecule has 0 heterocycles. The standard InChI is InChI=1S/C14H20BrNO3/c1-4-5-14(18)16(2)13(9-17)11-8-10(19-3)6-7-12(11)15/h6-8,13,17H,4-5,9H2,1-3H3. The summed E-state index contributed by atoms with van der Waals surface area (Å²) < 4.78 is 6.04. The van der Waals surface area contributed by atoms with Gasteiger partial charge in [0.15, 0.2) is 0 Å². The van der Waals surface area contributed by atoms with Crippen LogP contribution in [0.5, 0.6) is 5.75 Å². The van der Waals surface area contributed by atoms with Crippen LogP contribution in [0.25, 0.3) is 0 Å². The van der Waals surface area contributed by atoms with Gasteiger partial charge in [-0.25, -0.2) is 0 Å². The molecule has 1 atom stereocenters. The first-order chi connectivity index (χ1) is 9.04. The van der Waals surface area contributed by atoms with E-state index >= 15 is 0 Å². The van der Waals surface area contributed by atoms with E-state index in [4.69, 9.17) is 4.74 Å². The van der Waals surface area contributed by atoms with Crippen molar-refractivity contribution in [2.45, 2.75) is 25.8 Å². The van der Waals surface area contributed by atoms with Gasteiger partial charge in [-0.05, 0) is 30.2 Å². The highest BCUT2D eigenvalue weighted by Crippen LogP contribution is 2.30. The monoisotopic (exact) mass is 329 g/mol. The van der Waals surface area contributed by atoms with E-state index < -0.39 is 0 Å². The van der Waals surface area contributed by atoms with Crippen LogP contribution in [0.1, 0.15) is 31.4 Å². The molecule has 1 N–H and O–H groups in total. The van der Waals surface area contributed by atoms with Crippen molar-refractivity contribution < 1.29 is 14.6 Å². The molecule has 0 spiro atoms. The Bertz CT molecular complexity index is 437. The summed E-state index contributed by atoms with van der Waals surface area (Å²) in [7, 11) is 3.30. The Kier molecular flexibility index (Phi) is 6.31. The van der Waals surface area contributed by atoms with Gasteiger partial charge in [-0.15, -0.1) is 0 Å². The van der Waals surface area contributed by atoms with Crippen LogP contribution in [0.3, 0.4) is 0 Å². The molecule has 0 saturated heterocycles. The van der Waals surface area contributed by atoms with Gasteiger partial charge >= 0.3 is 0 Å². The molecule has 0 bridgehead atoms. The molecule has 1 unspecified atom stereocenters. The van der Waals surface area contributed by atoms with Crippen LogP contribution in [-0.2, 0) is 4.79 Å². The highest BCUT2D eigenvalue weighted by atomic mass is 79.9. The van der Waals surface area contributed by atoms with Crippen LogP contribution < -0.4 is 4.74 Å². The molecular formula is C14H20BrNO3. The van der Waals surface area contributed by atoms with E-state index in [1.54, 1.807) is 19.1 Å². The number of benzene rings is 1. The summed E-state index contributed by atoms with van der Waals surface area (Å²) in [5.74, 6) is 0.726. The van der Waals surface area contributed by atoms with E-state index in [9.17, 15) is 9.90 Å². The summed E-state index contributed by atoms with van der Waals surface area (Å²) in [6.45, 7) is 1.83. The zero-order chi connectivity index (χ0) is 14.4. The summed E-state index contributed by atoms with van der Waals surface area (Å²) in [5.41, 5.74) is 0.841. The van der Waals surface area contributed by atoms with Gasteiger partial charge in [0, 0.05) is 17.9 Å². The van der Waals surface area contributed by atoms with Crippen LogP contribution >= 0.6 is 15.9 Å². The molecular weight excluding hydrogens is 310 g/mol. The van der Waals surface area contributed by atoms with Crippen LogP contribution in [0.4, 0.5) is 0 Å². The van der Waals surface area contributed by atoms with E-state index in [-0.39, 0.29) is 18.6 Å². The Morgan fingerprint density at radius 2 is 2.21 bits per heavy atom. The van der Waals surface area contributed by atoms with Crippen molar-refractivity contribution >= 4 is 21.8 Å². The summed E-state index contributed by atoms with van der Waals surface area (Å²) in [4.78, 5) is 13.5. The molecule has 0 aromatic heterocycles. The lowest BCUT2D eigenvalue weighted by molar-refractivity contribution is -0.133. The first kappa shape index (κ1) is 16.0. The maximum absolute atomic E-state index is 12.0. The number of rotatable bonds is 6. The quantitative estimate of drug-likeness (QED) is 0.873. The van der Waals surface area contributed by atoms with E-state index in [2.05, 4.69) is 15.9 Å². The summed E-state index contributed by atoms with van der Waals surface area (Å²) in [5, 5.41) is 9.60. The van der Waals surface area contributed by atoms with Gasteiger partial charge in [-0.2, -0.15) is 0 Å². The van der Waals surface area contributed by atoms with Gasteiger partial charge in [-0.3, -0.25) is 4.79 Å². The number of methoxy groups -OCH3 is 1. The molecule has 19 heavy (non-hydrogen) atoms. The van der Waals surface area contributed by atoms with Gasteiger partial charge in [0.2, 0.25) is 5.91 Å². The number of halogens is 1. The number of carbonyl (C=O) groups is 1. The van der Waals surface area contributed by atoms with Crippen LogP contribution in [0.15, 0.2) is 22.7 Å². The van der Waals surface area contributed by atoms with Crippen molar-refractivity contribution in [2.24, 2.45) is 0 Å². The third-order valence-electron chi connectivity index (χ3n) is 3.06. The molecule has 0 radical (unpaired) electrons. The molecule has 1 rings (SSSR count). The van der Waals surface area contributed by atoms with Crippen LogP contribution in [0.2, 0.25) is 0 Å². The van der Waals surface area contributed by atoms with Crippen molar-refractivity contribution in [1.29, 1.82) is 0 Å². The van der Waals surface area contributed by atoms with E-state index in [0.717, 1.165) is 16.5 Å². The largest absolute Gasteiger partial charge is 0.497 e. The fourth-order valence-corrected chi connectivity index (χ4v) is 2.41. The maximum Gasteiger partial charge on any atom is 0.222 e. The van der Waals surface area contributed by atoms with Crippen LogP contribution in [-0.4, -0.2) is 36.7 Å². The fraction of sp³-hybridized carbons (Fsp3) is 0.500. The second-order valence-corrected chi connectivity index (χ2v) is 5.19. The second kappa shape index (κ2) is 7.50. The Morgan fingerprint density at radius 1 is 1.53 bits per heavy atom. The average molecular weight is 330 g/mol. The first-order valence-corrected chi connectivity index (χ1v) is 7.04. The molecule has 4 nitrogen and oxygen atoms in total. The molecule has 0 aliphatic heterocycles. The lowest BCUT2D eigenvalue weighted by Crippen LogP contribution is -2.33.